The summed E-state index contributed by atoms with van der Waals surface area (Å²) in [5.41, 5.74) is 4.29. The third-order valence-electron chi connectivity index (χ3n) is 2.26. The Morgan fingerprint density at radius 1 is 1.50 bits per heavy atom. The van der Waals surface area contributed by atoms with Crippen molar-refractivity contribution in [3.63, 3.8) is 0 Å². The molecule has 8 heteroatoms. The molecule has 1 atom stereocenters. The van der Waals surface area contributed by atoms with Gasteiger partial charge >= 0.3 is 11.7 Å². The maximum atomic E-state index is 13.4. The van der Waals surface area contributed by atoms with Crippen LogP contribution in [0.5, 0.6) is 0 Å². The van der Waals surface area contributed by atoms with Crippen LogP contribution >= 0.6 is 0 Å². The Morgan fingerprint density at radius 2 is 2.11 bits per heavy atom. The van der Waals surface area contributed by atoms with Crippen molar-refractivity contribution in [1.82, 2.24) is 0 Å². The number of nitro benzene ring substituents is 1. The molecule has 1 aromatic carbocycles. The van der Waals surface area contributed by atoms with Crippen LogP contribution in [0.4, 0.5) is 14.5 Å². The molecule has 0 aliphatic rings. The molecule has 0 saturated heterocycles. The summed E-state index contributed by atoms with van der Waals surface area (Å²) in [5, 5.41) is 10.5. The number of nitro groups is 1. The largest absolute Gasteiger partial charge is 0.468 e. The number of benzene rings is 1. The summed E-state index contributed by atoms with van der Waals surface area (Å²) in [5.74, 6) is -3.08. The maximum Gasteiger partial charge on any atom is 0.322 e. The molecule has 0 unspecified atom stereocenters. The molecule has 0 spiro atoms. The third-order valence-corrected chi connectivity index (χ3v) is 2.26. The first-order valence-electron chi connectivity index (χ1n) is 4.82. The summed E-state index contributed by atoms with van der Waals surface area (Å²) in [6.45, 7) is 0. The molecule has 0 aliphatic carbocycles. The van der Waals surface area contributed by atoms with Crippen molar-refractivity contribution < 1.29 is 23.2 Å². The number of hydrogen-bond donors (Lipinski definition) is 1. The van der Waals surface area contributed by atoms with Crippen molar-refractivity contribution in [3.8, 4) is 0 Å². The van der Waals surface area contributed by atoms with E-state index in [1.165, 1.54) is 0 Å². The second-order valence-electron chi connectivity index (χ2n) is 3.49. The molecule has 0 amide bonds. The number of nitrogens with zero attached hydrogens (tertiary/aromatic N) is 1. The van der Waals surface area contributed by atoms with E-state index in [0.29, 0.717) is 12.1 Å². The molecule has 6 nitrogen and oxygen atoms in total. The summed E-state index contributed by atoms with van der Waals surface area (Å²) in [4.78, 5) is 20.5. The predicted molar refractivity (Wildman–Crippen MR) is 56.7 cm³/mol. The molecule has 18 heavy (non-hydrogen) atoms. The molecule has 98 valence electrons. The molecule has 0 heterocycles. The van der Waals surface area contributed by atoms with E-state index in [4.69, 9.17) is 5.73 Å². The van der Waals surface area contributed by atoms with Gasteiger partial charge in [-0.15, -0.1) is 0 Å². The van der Waals surface area contributed by atoms with Crippen molar-refractivity contribution in [2.24, 2.45) is 5.73 Å². The van der Waals surface area contributed by atoms with Gasteiger partial charge in [0.1, 0.15) is 11.9 Å². The van der Waals surface area contributed by atoms with Gasteiger partial charge in [0.15, 0.2) is 0 Å². The Hall–Kier alpha value is -2.09. The van der Waals surface area contributed by atoms with E-state index >= 15 is 0 Å². The van der Waals surface area contributed by atoms with E-state index in [2.05, 4.69) is 4.74 Å². The molecule has 2 N–H and O–H groups in total. The van der Waals surface area contributed by atoms with E-state index in [1.807, 2.05) is 0 Å². The molecule has 1 rings (SSSR count). The van der Waals surface area contributed by atoms with Gasteiger partial charge in [0, 0.05) is 18.6 Å². The number of carbonyl (C=O) groups is 1. The summed E-state index contributed by atoms with van der Waals surface area (Å²) in [7, 11) is 1.10. The molecule has 0 aliphatic heterocycles. The highest BCUT2D eigenvalue weighted by atomic mass is 19.1. The molecular formula is C10H10F2N2O4. The Kier molecular flexibility index (Phi) is 4.27. The lowest BCUT2D eigenvalue weighted by atomic mass is 10.0. The minimum atomic E-state index is -1.28. The predicted octanol–water partition coefficient (Wildman–Crippen LogP) is 0.916. The van der Waals surface area contributed by atoms with Crippen LogP contribution in [0.1, 0.15) is 5.56 Å². The van der Waals surface area contributed by atoms with Crippen LogP contribution in [0.15, 0.2) is 12.1 Å². The van der Waals surface area contributed by atoms with Crippen LogP contribution in [-0.4, -0.2) is 24.0 Å². The second kappa shape index (κ2) is 5.50. The van der Waals surface area contributed by atoms with Crippen molar-refractivity contribution in [1.29, 1.82) is 0 Å². The first-order chi connectivity index (χ1) is 8.36. The van der Waals surface area contributed by atoms with Gasteiger partial charge in [-0.3, -0.25) is 14.9 Å². The Morgan fingerprint density at radius 3 is 2.61 bits per heavy atom. The highest BCUT2D eigenvalue weighted by Crippen LogP contribution is 2.22. The van der Waals surface area contributed by atoms with E-state index < -0.39 is 34.3 Å². The second-order valence-corrected chi connectivity index (χ2v) is 3.49. The van der Waals surface area contributed by atoms with Crippen molar-refractivity contribution >= 4 is 11.7 Å². The quantitative estimate of drug-likeness (QED) is 0.493. The zero-order valence-corrected chi connectivity index (χ0v) is 9.35. The monoisotopic (exact) mass is 260 g/mol. The number of nitrogens with two attached hydrogens (primary N) is 1. The Balaban J connectivity index is 3.06. The van der Waals surface area contributed by atoms with Crippen molar-refractivity contribution in [2.75, 3.05) is 7.11 Å². The Bertz CT molecular complexity index is 493. The van der Waals surface area contributed by atoms with Crippen molar-refractivity contribution in [2.45, 2.75) is 12.5 Å². The fourth-order valence-corrected chi connectivity index (χ4v) is 1.35. The van der Waals surface area contributed by atoms with Crippen LogP contribution < -0.4 is 5.73 Å². The van der Waals surface area contributed by atoms with Crippen LogP contribution in [0.2, 0.25) is 0 Å². The fraction of sp³-hybridized carbons (Fsp3) is 0.300. The van der Waals surface area contributed by atoms with Crippen LogP contribution in [0.3, 0.4) is 0 Å². The average Bonchev–Trinajstić information content (AvgIpc) is 2.30. The van der Waals surface area contributed by atoms with Crippen LogP contribution in [-0.2, 0) is 16.0 Å². The van der Waals surface area contributed by atoms with Gasteiger partial charge < -0.3 is 10.5 Å². The maximum absolute atomic E-state index is 13.4. The van der Waals surface area contributed by atoms with Crippen LogP contribution in [0.25, 0.3) is 0 Å². The standard InChI is InChI=1S/C10H10F2N2O4/c1-18-10(15)8(13)2-5-3-9(14(16)17)7(12)4-6(5)11/h3-4,8H,2,13H2,1H3/t8-/m1/s1. The first-order valence-corrected chi connectivity index (χ1v) is 4.82. The van der Waals surface area contributed by atoms with Gasteiger partial charge in [-0.2, -0.15) is 4.39 Å². The van der Waals surface area contributed by atoms with Gasteiger partial charge in [-0.05, 0) is 5.56 Å². The van der Waals surface area contributed by atoms with Gasteiger partial charge in [0.2, 0.25) is 5.82 Å². The van der Waals surface area contributed by atoms with Gasteiger partial charge in [-0.1, -0.05) is 0 Å². The lowest BCUT2D eigenvalue weighted by Crippen LogP contribution is -2.34. The summed E-state index contributed by atoms with van der Waals surface area (Å²) < 4.78 is 30.7. The number of halogens is 2. The lowest BCUT2D eigenvalue weighted by Gasteiger charge is -2.09. The fourth-order valence-electron chi connectivity index (χ4n) is 1.35. The highest BCUT2D eigenvalue weighted by Gasteiger charge is 2.22. The molecule has 0 fully saturated rings. The van der Waals surface area contributed by atoms with Gasteiger partial charge in [-0.25, -0.2) is 4.39 Å². The number of hydrogen-bond acceptors (Lipinski definition) is 5. The number of ether oxygens (including phenoxy) is 1. The van der Waals surface area contributed by atoms with E-state index in [9.17, 15) is 23.7 Å². The van der Waals surface area contributed by atoms with Crippen molar-refractivity contribution in [3.05, 3.63) is 39.4 Å². The number of methoxy groups -OCH3 is 1. The average molecular weight is 260 g/mol. The van der Waals surface area contributed by atoms with E-state index in [0.717, 1.165) is 7.11 Å². The normalized spacial score (nSPS) is 12.0. The zero-order valence-electron chi connectivity index (χ0n) is 9.35. The summed E-state index contributed by atoms with van der Waals surface area (Å²) in [6, 6.07) is -0.0696. The summed E-state index contributed by atoms with van der Waals surface area (Å²) >= 11 is 0. The Labute approximate surface area is 100 Å². The number of carbonyl (C=O) groups excluding carboxylic acids is 1. The van der Waals surface area contributed by atoms with E-state index in [-0.39, 0.29) is 12.0 Å². The SMILES string of the molecule is COC(=O)[C@H](N)Cc1cc([N+](=O)[O-])c(F)cc1F. The zero-order chi connectivity index (χ0) is 13.9. The topological polar surface area (TPSA) is 95.5 Å². The molecule has 0 bridgehead atoms. The molecule has 0 radical (unpaired) electrons. The van der Waals surface area contributed by atoms with E-state index in [1.54, 1.807) is 0 Å². The first kappa shape index (κ1) is 14.0. The molecule has 0 aromatic heterocycles. The molecule has 0 saturated carbocycles. The van der Waals surface area contributed by atoms with Gasteiger partial charge in [0.05, 0.1) is 12.0 Å². The molecule has 1 aromatic rings. The summed E-state index contributed by atoms with van der Waals surface area (Å²) in [6.07, 6.45) is -0.320. The van der Waals surface area contributed by atoms with Crippen LogP contribution in [0, 0.1) is 21.7 Å². The van der Waals surface area contributed by atoms with Gasteiger partial charge in [0.25, 0.3) is 0 Å². The number of esters is 1. The minimum absolute atomic E-state index is 0.221. The number of rotatable bonds is 4. The minimum Gasteiger partial charge on any atom is -0.468 e. The smallest absolute Gasteiger partial charge is 0.322 e. The molecular weight excluding hydrogens is 250 g/mol. The highest BCUT2D eigenvalue weighted by molar-refractivity contribution is 5.75. The lowest BCUT2D eigenvalue weighted by molar-refractivity contribution is -0.387. The third kappa shape index (κ3) is 2.98.